The Hall–Kier alpha value is -3.45. The minimum Gasteiger partial charge on any atom is -0.370 e. The average molecular weight is 508 g/mol. The van der Waals surface area contributed by atoms with Crippen molar-refractivity contribution in [2.45, 2.75) is 71.4 Å². The first-order valence-corrected chi connectivity index (χ1v) is 10.6. The number of carbonyl (C=O) groups excluding carboxylic acids is 6. The molecule has 0 heterocycles. The summed E-state index contributed by atoms with van der Waals surface area (Å²) < 4.78 is 38.1. The minimum atomic E-state index is -5.28. The second-order valence-corrected chi connectivity index (χ2v) is 8.47. The number of Topliss-reactive ketones (excluding diaryl/α,β-unsaturated/α-hetero) is 1. The molecule has 14 heteroatoms. The molecule has 5 amide bonds. The van der Waals surface area contributed by atoms with Gasteiger partial charge in [0.2, 0.25) is 29.5 Å². The molecule has 6 N–H and O–H groups in total. The lowest BCUT2D eigenvalue weighted by atomic mass is 9.99. The molecule has 0 fully saturated rings. The van der Waals surface area contributed by atoms with E-state index in [-0.39, 0.29) is 5.92 Å². The van der Waals surface area contributed by atoms with Crippen LogP contribution in [0.5, 0.6) is 0 Å². The highest BCUT2D eigenvalue weighted by atomic mass is 19.4. The van der Waals surface area contributed by atoms with Crippen molar-refractivity contribution >= 4 is 35.3 Å². The van der Waals surface area contributed by atoms with E-state index in [4.69, 9.17) is 5.73 Å². The first-order chi connectivity index (χ1) is 15.9. The predicted octanol–water partition coefficient (Wildman–Crippen LogP) is -0.550. The molecule has 0 aliphatic heterocycles. The molecule has 0 bridgehead atoms. The number of alkyl halides is 3. The normalized spacial score (nSPS) is 14.8. The van der Waals surface area contributed by atoms with Gasteiger partial charge in [-0.1, -0.05) is 33.8 Å². The molecule has 0 radical (unpaired) electrons. The number of ketones is 1. The molecule has 198 valence electrons. The number of primary amides is 1. The van der Waals surface area contributed by atoms with Crippen molar-refractivity contribution in [3.63, 3.8) is 0 Å². The smallest absolute Gasteiger partial charge is 0.370 e. The fourth-order valence-electron chi connectivity index (χ4n) is 2.87. The highest BCUT2D eigenvalue weighted by Gasteiger charge is 2.43. The van der Waals surface area contributed by atoms with E-state index in [1.807, 2.05) is 0 Å². The highest BCUT2D eigenvalue weighted by molar-refractivity contribution is 5.99. The fraction of sp³-hybridized carbons (Fsp3) is 0.619. The van der Waals surface area contributed by atoms with E-state index in [1.165, 1.54) is 6.92 Å². The van der Waals surface area contributed by atoms with Crippen LogP contribution in [0.1, 0.15) is 41.0 Å². The molecule has 11 nitrogen and oxygen atoms in total. The molecule has 3 unspecified atom stereocenters. The monoisotopic (exact) mass is 507 g/mol. The van der Waals surface area contributed by atoms with Gasteiger partial charge in [0, 0.05) is 6.92 Å². The van der Waals surface area contributed by atoms with Crippen LogP contribution in [0.3, 0.4) is 0 Å². The summed E-state index contributed by atoms with van der Waals surface area (Å²) in [6.07, 6.45) is -5.54. The van der Waals surface area contributed by atoms with E-state index in [0.717, 1.165) is 0 Å². The summed E-state index contributed by atoms with van der Waals surface area (Å²) in [4.78, 5) is 72.3. The van der Waals surface area contributed by atoms with Gasteiger partial charge in [0.15, 0.2) is 0 Å². The zero-order chi connectivity index (χ0) is 27.7. The van der Waals surface area contributed by atoms with Gasteiger partial charge in [-0.25, -0.2) is 0 Å². The summed E-state index contributed by atoms with van der Waals surface area (Å²) in [5, 5.41) is 8.85. The molecule has 0 spiro atoms. The Kier molecular flexibility index (Phi) is 12.1. The van der Waals surface area contributed by atoms with Crippen molar-refractivity contribution in [3.05, 3.63) is 12.7 Å². The maximum absolute atomic E-state index is 12.9. The van der Waals surface area contributed by atoms with Gasteiger partial charge in [-0.15, -0.1) is 6.58 Å². The molecule has 35 heavy (non-hydrogen) atoms. The lowest BCUT2D eigenvalue weighted by Crippen LogP contribution is -2.60. The van der Waals surface area contributed by atoms with Crippen molar-refractivity contribution in [3.8, 4) is 0 Å². The summed E-state index contributed by atoms with van der Waals surface area (Å²) in [5.41, 5.74) is 5.09. The maximum atomic E-state index is 12.9. The Labute approximate surface area is 200 Å². The number of nitrogens with two attached hydrogens (primary N) is 1. The summed E-state index contributed by atoms with van der Waals surface area (Å²) in [6, 6.07) is -6.15. The zero-order valence-corrected chi connectivity index (χ0v) is 20.1. The first kappa shape index (κ1) is 31.6. The van der Waals surface area contributed by atoms with Gasteiger partial charge in [0.1, 0.15) is 24.2 Å². The van der Waals surface area contributed by atoms with Crippen molar-refractivity contribution in [2.75, 3.05) is 0 Å². The van der Waals surface area contributed by atoms with E-state index in [0.29, 0.717) is 6.08 Å². The molecule has 4 atom stereocenters. The van der Waals surface area contributed by atoms with Gasteiger partial charge in [-0.05, 0) is 11.8 Å². The molecule has 0 rings (SSSR count). The van der Waals surface area contributed by atoms with Crippen molar-refractivity contribution < 1.29 is 41.9 Å². The van der Waals surface area contributed by atoms with Crippen molar-refractivity contribution in [1.82, 2.24) is 21.3 Å². The van der Waals surface area contributed by atoms with Crippen molar-refractivity contribution in [1.29, 1.82) is 0 Å². The molecule has 0 aromatic heterocycles. The van der Waals surface area contributed by atoms with Gasteiger partial charge in [0.25, 0.3) is 5.78 Å². The average Bonchev–Trinajstić information content (AvgIpc) is 2.70. The fourth-order valence-corrected chi connectivity index (χ4v) is 2.87. The highest BCUT2D eigenvalue weighted by Crippen LogP contribution is 2.18. The van der Waals surface area contributed by atoms with Gasteiger partial charge >= 0.3 is 6.18 Å². The van der Waals surface area contributed by atoms with Crippen LogP contribution in [-0.2, 0) is 28.8 Å². The van der Waals surface area contributed by atoms with Crippen LogP contribution in [0.2, 0.25) is 0 Å². The van der Waals surface area contributed by atoms with Crippen LogP contribution in [-0.4, -0.2) is 65.7 Å². The minimum absolute atomic E-state index is 0.342. The van der Waals surface area contributed by atoms with Gasteiger partial charge in [0.05, 0.1) is 6.42 Å². The Morgan fingerprint density at radius 2 is 1.29 bits per heavy atom. The lowest BCUT2D eigenvalue weighted by Gasteiger charge is -2.28. The number of nitrogens with one attached hydrogen (secondary N) is 4. The van der Waals surface area contributed by atoms with Gasteiger partial charge in [-0.3, -0.25) is 28.8 Å². The third kappa shape index (κ3) is 10.6. The van der Waals surface area contributed by atoms with Gasteiger partial charge < -0.3 is 27.0 Å². The molecular weight excluding hydrogens is 475 g/mol. The van der Waals surface area contributed by atoms with E-state index in [9.17, 15) is 41.9 Å². The van der Waals surface area contributed by atoms with Crippen LogP contribution in [0.25, 0.3) is 0 Å². The SMILES string of the molecule is C=CC(NC(=O)C(CC(N)=O)NC(=O)[C@@H](NC(=O)C(NC(C)=O)C(C)C)C(C)C)C(=O)C(F)(F)F. The Bertz CT molecular complexity index is 844. The first-order valence-electron chi connectivity index (χ1n) is 10.6. The number of carbonyl (C=O) groups is 6. The van der Waals surface area contributed by atoms with Crippen molar-refractivity contribution in [2.24, 2.45) is 17.6 Å². The number of hydrogen-bond acceptors (Lipinski definition) is 6. The summed E-state index contributed by atoms with van der Waals surface area (Å²) >= 11 is 0. The van der Waals surface area contributed by atoms with Crippen LogP contribution in [0.4, 0.5) is 13.2 Å². The van der Waals surface area contributed by atoms with Gasteiger partial charge in [-0.2, -0.15) is 13.2 Å². The van der Waals surface area contributed by atoms with E-state index < -0.39 is 78.0 Å². The van der Waals surface area contributed by atoms with E-state index in [2.05, 4.69) is 22.5 Å². The topological polar surface area (TPSA) is 177 Å². The predicted molar refractivity (Wildman–Crippen MR) is 118 cm³/mol. The number of amides is 5. The van der Waals surface area contributed by atoms with Crippen LogP contribution in [0, 0.1) is 11.8 Å². The number of hydrogen-bond donors (Lipinski definition) is 5. The second-order valence-electron chi connectivity index (χ2n) is 8.47. The number of rotatable bonds is 13. The summed E-state index contributed by atoms with van der Waals surface area (Å²) in [6.45, 7) is 10.7. The summed E-state index contributed by atoms with van der Waals surface area (Å²) in [5.74, 6) is -7.69. The Morgan fingerprint density at radius 3 is 1.66 bits per heavy atom. The van der Waals surface area contributed by atoms with Crippen LogP contribution >= 0.6 is 0 Å². The standard InChI is InChI=1S/C21H32F3N5O6/c1-7-12(17(32)21(22,23)24)27-18(33)13(8-14(25)31)28-19(34)16(10(4)5)29-20(35)15(9(2)3)26-11(6)30/h7,9-10,12-13,15-16H,1,8H2,2-6H3,(H2,25,31)(H,26,30)(H,27,33)(H,28,34)(H,29,35)/t12?,13?,15?,16-/m0/s1. The third-order valence-corrected chi connectivity index (χ3v) is 4.69. The van der Waals surface area contributed by atoms with Crippen LogP contribution < -0.4 is 27.0 Å². The quantitative estimate of drug-likeness (QED) is 0.209. The van der Waals surface area contributed by atoms with Crippen LogP contribution in [0.15, 0.2) is 12.7 Å². The molecule has 0 saturated carbocycles. The Morgan fingerprint density at radius 1 is 0.829 bits per heavy atom. The molecule has 0 aromatic rings. The molecular formula is C21H32F3N5O6. The maximum Gasteiger partial charge on any atom is 0.452 e. The lowest BCUT2D eigenvalue weighted by molar-refractivity contribution is -0.172. The second kappa shape index (κ2) is 13.4. The van der Waals surface area contributed by atoms with E-state index >= 15 is 0 Å². The third-order valence-electron chi connectivity index (χ3n) is 4.69. The van der Waals surface area contributed by atoms with E-state index in [1.54, 1.807) is 33.0 Å². The molecule has 0 saturated heterocycles. The Balaban J connectivity index is 5.72. The molecule has 0 aromatic carbocycles. The molecule has 0 aliphatic carbocycles. The summed E-state index contributed by atoms with van der Waals surface area (Å²) in [7, 11) is 0. The zero-order valence-electron chi connectivity index (χ0n) is 20.1. The molecule has 0 aliphatic rings. The largest absolute Gasteiger partial charge is 0.452 e. The number of halogens is 3.